The maximum atomic E-state index is 12.9. The second kappa shape index (κ2) is 9.93. The quantitative estimate of drug-likeness (QED) is 0.368. The number of hydrogen-bond donors (Lipinski definition) is 3. The molecular formula is C22H17F3N4O5S. The van der Waals surface area contributed by atoms with Crippen molar-refractivity contribution in [1.29, 1.82) is 0 Å². The van der Waals surface area contributed by atoms with Crippen molar-refractivity contribution in [3.05, 3.63) is 77.9 Å². The molecule has 9 nitrogen and oxygen atoms in total. The van der Waals surface area contributed by atoms with E-state index in [1.54, 1.807) is 0 Å². The SMILES string of the molecule is CC(=O)NS(=O)(=O)c1ccc(N=Nc2ccc(Nc3cccc(C(F)(F)F)c3)c(C(=O)O)c2)cc1. The summed E-state index contributed by atoms with van der Waals surface area (Å²) in [5, 5.41) is 20.0. The number of azo groups is 1. The molecule has 0 aromatic heterocycles. The molecule has 3 N–H and O–H groups in total. The number of nitrogens with one attached hydrogen (secondary N) is 2. The van der Waals surface area contributed by atoms with Gasteiger partial charge in [0.2, 0.25) is 5.91 Å². The largest absolute Gasteiger partial charge is 0.478 e. The summed E-state index contributed by atoms with van der Waals surface area (Å²) < 4.78 is 64.5. The van der Waals surface area contributed by atoms with Crippen LogP contribution in [0.25, 0.3) is 0 Å². The van der Waals surface area contributed by atoms with Crippen LogP contribution >= 0.6 is 0 Å². The first-order valence-corrected chi connectivity index (χ1v) is 11.2. The normalized spacial score (nSPS) is 11.9. The molecule has 0 aliphatic rings. The van der Waals surface area contributed by atoms with Gasteiger partial charge in [-0.15, -0.1) is 0 Å². The molecule has 0 bridgehead atoms. The molecule has 0 heterocycles. The second-order valence-corrected chi connectivity index (χ2v) is 8.78. The summed E-state index contributed by atoms with van der Waals surface area (Å²) in [5.41, 5.74) is -0.674. The van der Waals surface area contributed by atoms with Gasteiger partial charge in [0, 0.05) is 12.6 Å². The lowest BCUT2D eigenvalue weighted by molar-refractivity contribution is -0.137. The number of anilines is 2. The first-order chi connectivity index (χ1) is 16.3. The predicted molar refractivity (Wildman–Crippen MR) is 120 cm³/mol. The molecule has 0 radical (unpaired) electrons. The summed E-state index contributed by atoms with van der Waals surface area (Å²) in [7, 11) is -4.01. The third kappa shape index (κ3) is 6.63. The van der Waals surface area contributed by atoms with Gasteiger partial charge in [0.05, 0.1) is 33.1 Å². The minimum absolute atomic E-state index is 0.0447. The van der Waals surface area contributed by atoms with Crippen LogP contribution in [0.15, 0.2) is 81.9 Å². The number of aromatic carboxylic acids is 1. The van der Waals surface area contributed by atoms with Crippen molar-refractivity contribution >= 4 is 44.6 Å². The number of halogens is 3. The molecular weight excluding hydrogens is 489 g/mol. The number of benzene rings is 3. The van der Waals surface area contributed by atoms with Crippen molar-refractivity contribution in [1.82, 2.24) is 4.72 Å². The van der Waals surface area contributed by atoms with Gasteiger partial charge in [-0.25, -0.2) is 17.9 Å². The van der Waals surface area contributed by atoms with Gasteiger partial charge in [0.15, 0.2) is 0 Å². The molecule has 1 amide bonds. The average Bonchev–Trinajstić information content (AvgIpc) is 2.77. The molecule has 13 heteroatoms. The number of amides is 1. The van der Waals surface area contributed by atoms with E-state index in [1.807, 2.05) is 4.72 Å². The number of carbonyl (C=O) groups excluding carboxylic acids is 1. The molecule has 0 aliphatic carbocycles. The molecule has 0 aliphatic heterocycles. The third-order valence-corrected chi connectivity index (χ3v) is 5.86. The van der Waals surface area contributed by atoms with Crippen LogP contribution in [0.2, 0.25) is 0 Å². The summed E-state index contributed by atoms with van der Waals surface area (Å²) in [6.07, 6.45) is -4.55. The van der Waals surface area contributed by atoms with E-state index in [-0.39, 0.29) is 33.2 Å². The van der Waals surface area contributed by atoms with Crippen LogP contribution in [0.1, 0.15) is 22.8 Å². The third-order valence-electron chi connectivity index (χ3n) is 4.41. The average molecular weight is 506 g/mol. The highest BCUT2D eigenvalue weighted by Crippen LogP contribution is 2.32. The molecule has 0 saturated heterocycles. The summed E-state index contributed by atoms with van der Waals surface area (Å²) >= 11 is 0. The van der Waals surface area contributed by atoms with E-state index in [0.717, 1.165) is 19.1 Å². The van der Waals surface area contributed by atoms with Crippen LogP contribution in [-0.4, -0.2) is 25.4 Å². The molecule has 0 spiro atoms. The minimum Gasteiger partial charge on any atom is -0.478 e. The van der Waals surface area contributed by atoms with Gasteiger partial charge in [-0.05, 0) is 60.7 Å². The maximum Gasteiger partial charge on any atom is 0.416 e. The molecule has 0 atom stereocenters. The molecule has 3 rings (SSSR count). The Bertz CT molecular complexity index is 1410. The number of carboxylic acids is 1. The van der Waals surface area contributed by atoms with Crippen LogP contribution in [0, 0.1) is 0 Å². The van der Waals surface area contributed by atoms with E-state index in [4.69, 9.17) is 0 Å². The lowest BCUT2D eigenvalue weighted by atomic mass is 10.1. The summed E-state index contributed by atoms with van der Waals surface area (Å²) in [4.78, 5) is 22.5. The van der Waals surface area contributed by atoms with E-state index >= 15 is 0 Å². The van der Waals surface area contributed by atoms with Crippen molar-refractivity contribution in [3.63, 3.8) is 0 Å². The highest BCUT2D eigenvalue weighted by molar-refractivity contribution is 7.90. The first-order valence-electron chi connectivity index (χ1n) is 9.72. The maximum absolute atomic E-state index is 12.9. The number of alkyl halides is 3. The van der Waals surface area contributed by atoms with E-state index in [1.165, 1.54) is 54.6 Å². The van der Waals surface area contributed by atoms with Crippen LogP contribution < -0.4 is 10.0 Å². The number of carboxylic acid groups (broad SMARTS) is 1. The molecule has 0 saturated carbocycles. The molecule has 0 unspecified atom stereocenters. The molecule has 182 valence electrons. The predicted octanol–water partition coefficient (Wildman–Crippen LogP) is 5.39. The monoisotopic (exact) mass is 506 g/mol. The van der Waals surface area contributed by atoms with Crippen LogP contribution in [-0.2, 0) is 21.0 Å². The van der Waals surface area contributed by atoms with E-state index in [9.17, 15) is 36.3 Å². The van der Waals surface area contributed by atoms with Crippen LogP contribution in [0.4, 0.5) is 35.9 Å². The van der Waals surface area contributed by atoms with E-state index in [2.05, 4.69) is 15.5 Å². The zero-order valence-electron chi connectivity index (χ0n) is 17.9. The Labute approximate surface area is 197 Å². The highest BCUT2D eigenvalue weighted by Gasteiger charge is 2.30. The van der Waals surface area contributed by atoms with Gasteiger partial charge in [-0.1, -0.05) is 6.07 Å². The molecule has 0 fully saturated rings. The van der Waals surface area contributed by atoms with Gasteiger partial charge < -0.3 is 10.4 Å². The standard InChI is InChI=1S/C22H17F3N4O5S/c1-13(30)29-35(33,34)18-8-5-15(6-9-18)27-28-17-7-10-20(19(12-17)21(31)32)26-16-4-2-3-14(11-16)22(23,24)25/h2-12,26H,1H3,(H,29,30)(H,31,32). The van der Waals surface area contributed by atoms with E-state index in [0.29, 0.717) is 0 Å². The molecule has 3 aromatic carbocycles. The van der Waals surface area contributed by atoms with Crippen molar-refractivity contribution in [2.24, 2.45) is 10.2 Å². The van der Waals surface area contributed by atoms with Crippen LogP contribution in [0.5, 0.6) is 0 Å². The lowest BCUT2D eigenvalue weighted by Gasteiger charge is -2.12. The van der Waals surface area contributed by atoms with Gasteiger partial charge in [-0.3, -0.25) is 4.79 Å². The summed E-state index contributed by atoms with van der Waals surface area (Å²) in [6.45, 7) is 1.06. The Kier molecular flexibility index (Phi) is 7.20. The second-order valence-electron chi connectivity index (χ2n) is 7.09. The number of hydrogen-bond acceptors (Lipinski definition) is 7. The highest BCUT2D eigenvalue weighted by atomic mass is 32.2. The van der Waals surface area contributed by atoms with Crippen LogP contribution in [0.3, 0.4) is 0 Å². The fourth-order valence-corrected chi connectivity index (χ4v) is 3.86. The van der Waals surface area contributed by atoms with E-state index < -0.39 is 33.6 Å². The van der Waals surface area contributed by atoms with Gasteiger partial charge in [-0.2, -0.15) is 23.4 Å². The first kappa shape index (κ1) is 25.4. The fraction of sp³-hybridized carbons (Fsp3) is 0.0909. The van der Waals surface area contributed by atoms with Gasteiger partial charge in [0.1, 0.15) is 0 Å². The number of carbonyl (C=O) groups is 2. The smallest absolute Gasteiger partial charge is 0.416 e. The number of rotatable bonds is 7. The Morgan fingerprint density at radius 2 is 1.54 bits per heavy atom. The lowest BCUT2D eigenvalue weighted by Crippen LogP contribution is -2.28. The van der Waals surface area contributed by atoms with Gasteiger partial charge >= 0.3 is 12.1 Å². The molecule has 35 heavy (non-hydrogen) atoms. The van der Waals surface area contributed by atoms with Crippen molar-refractivity contribution in [2.75, 3.05) is 5.32 Å². The zero-order valence-corrected chi connectivity index (χ0v) is 18.7. The molecule has 3 aromatic rings. The van der Waals surface area contributed by atoms with Crippen molar-refractivity contribution < 1.29 is 36.3 Å². The summed E-state index contributed by atoms with van der Waals surface area (Å²) in [6, 6.07) is 13.3. The topological polar surface area (TPSA) is 137 Å². The minimum atomic E-state index is -4.55. The Morgan fingerprint density at radius 1 is 0.914 bits per heavy atom. The Hall–Kier alpha value is -4.26. The van der Waals surface area contributed by atoms with Gasteiger partial charge in [0.25, 0.3) is 10.0 Å². The number of sulfonamides is 1. The Balaban J connectivity index is 1.82. The fourth-order valence-electron chi connectivity index (χ4n) is 2.86. The zero-order chi connectivity index (χ0) is 25.8. The van der Waals surface area contributed by atoms with Crippen molar-refractivity contribution in [3.8, 4) is 0 Å². The summed E-state index contributed by atoms with van der Waals surface area (Å²) in [5.74, 6) is -2.09. The van der Waals surface area contributed by atoms with Crippen molar-refractivity contribution in [2.45, 2.75) is 18.0 Å². The number of nitrogens with zero attached hydrogens (tertiary/aromatic N) is 2. The Morgan fingerprint density at radius 3 is 2.14 bits per heavy atom.